The van der Waals surface area contributed by atoms with E-state index in [0.717, 1.165) is 12.7 Å². The highest BCUT2D eigenvalue weighted by Gasteiger charge is 2.18. The topological polar surface area (TPSA) is 66.5 Å². The summed E-state index contributed by atoms with van der Waals surface area (Å²) in [6.45, 7) is 4.95. The normalized spacial score (nSPS) is 11.9. The Morgan fingerprint density at radius 2 is 1.87 bits per heavy atom. The van der Waals surface area contributed by atoms with Gasteiger partial charge in [0.15, 0.2) is 0 Å². The van der Waals surface area contributed by atoms with Crippen LogP contribution in [0, 0.1) is 11.7 Å². The average Bonchev–Trinajstić information content (AvgIpc) is 2.43. The molecule has 1 aromatic carbocycles. The second-order valence-corrected chi connectivity index (χ2v) is 7.99. The van der Waals surface area contributed by atoms with Crippen molar-refractivity contribution in [3.63, 3.8) is 0 Å². The molecule has 5 nitrogen and oxygen atoms in total. The Balaban J connectivity index is 2.56. The molecular weight excluding hydrogens is 319 g/mol. The van der Waals surface area contributed by atoms with Crippen LogP contribution in [-0.4, -0.2) is 38.0 Å². The summed E-state index contributed by atoms with van der Waals surface area (Å²) in [7, 11) is -3.44. The van der Waals surface area contributed by atoms with Gasteiger partial charge in [0.05, 0.1) is 6.26 Å². The summed E-state index contributed by atoms with van der Waals surface area (Å²) in [6.07, 6.45) is 2.09. The van der Waals surface area contributed by atoms with E-state index in [1.165, 1.54) is 28.6 Å². The fraction of sp³-hybridized carbons (Fsp3) is 0.562. The Bertz CT molecular complexity index is 600. The predicted octanol–water partition coefficient (Wildman–Crippen LogP) is 2.14. The molecule has 0 aliphatic rings. The van der Waals surface area contributed by atoms with Crippen molar-refractivity contribution in [2.45, 2.75) is 33.2 Å². The van der Waals surface area contributed by atoms with Crippen LogP contribution in [-0.2, 0) is 21.4 Å². The molecule has 0 heterocycles. The zero-order chi connectivity index (χ0) is 17.5. The summed E-state index contributed by atoms with van der Waals surface area (Å²) in [5, 5.41) is 2.78. The fourth-order valence-electron chi connectivity index (χ4n) is 1.97. The molecule has 1 N–H and O–H groups in total. The molecule has 0 aliphatic carbocycles. The highest BCUT2D eigenvalue weighted by atomic mass is 32.2. The number of hydrogen-bond donors (Lipinski definition) is 1. The van der Waals surface area contributed by atoms with Gasteiger partial charge >= 0.3 is 0 Å². The molecule has 0 saturated heterocycles. The maximum atomic E-state index is 12.9. The summed E-state index contributed by atoms with van der Waals surface area (Å²) >= 11 is 0. The van der Waals surface area contributed by atoms with E-state index in [0.29, 0.717) is 18.0 Å². The monoisotopic (exact) mass is 344 g/mol. The minimum atomic E-state index is -3.44. The largest absolute Gasteiger partial charge is 0.356 e. The third kappa shape index (κ3) is 8.08. The van der Waals surface area contributed by atoms with Gasteiger partial charge in [-0.1, -0.05) is 26.0 Å². The highest BCUT2D eigenvalue weighted by Crippen LogP contribution is 2.10. The maximum Gasteiger partial charge on any atom is 0.221 e. The molecule has 0 aromatic heterocycles. The number of rotatable bonds is 9. The van der Waals surface area contributed by atoms with Gasteiger partial charge in [0, 0.05) is 26.1 Å². The zero-order valence-corrected chi connectivity index (χ0v) is 14.7. The first-order valence-corrected chi connectivity index (χ1v) is 9.49. The van der Waals surface area contributed by atoms with Gasteiger partial charge in [0.2, 0.25) is 15.9 Å². The van der Waals surface area contributed by atoms with Crippen LogP contribution in [0.3, 0.4) is 0 Å². The first-order chi connectivity index (χ1) is 10.7. The van der Waals surface area contributed by atoms with Gasteiger partial charge in [-0.3, -0.25) is 4.79 Å². The third-order valence-corrected chi connectivity index (χ3v) is 4.62. The molecule has 1 aromatic rings. The minimum absolute atomic E-state index is 0.101. The Hall–Kier alpha value is -1.47. The summed E-state index contributed by atoms with van der Waals surface area (Å²) < 4.78 is 37.8. The standard InChI is InChI=1S/C16H25FN2O3S/c1-13(2)8-10-18-16(20)9-11-19(23(3,21)22)12-14-4-6-15(17)7-5-14/h4-7,13H,8-12H2,1-3H3,(H,18,20). The lowest BCUT2D eigenvalue weighted by molar-refractivity contribution is -0.121. The van der Waals surface area contributed by atoms with E-state index in [1.807, 2.05) is 0 Å². The first-order valence-electron chi connectivity index (χ1n) is 7.64. The van der Waals surface area contributed by atoms with Crippen LogP contribution >= 0.6 is 0 Å². The Labute approximate surface area is 137 Å². The number of benzene rings is 1. The SMILES string of the molecule is CC(C)CCNC(=O)CCN(Cc1ccc(F)cc1)S(C)(=O)=O. The summed E-state index contributed by atoms with van der Waals surface area (Å²) in [5.41, 5.74) is 0.678. The molecule has 0 atom stereocenters. The van der Waals surface area contributed by atoms with E-state index in [4.69, 9.17) is 0 Å². The molecule has 0 spiro atoms. The molecule has 0 bridgehead atoms. The van der Waals surface area contributed by atoms with Crippen molar-refractivity contribution < 1.29 is 17.6 Å². The van der Waals surface area contributed by atoms with E-state index < -0.39 is 10.0 Å². The second kappa shape index (κ2) is 8.98. The van der Waals surface area contributed by atoms with Gasteiger partial charge in [-0.05, 0) is 30.0 Å². The molecule has 23 heavy (non-hydrogen) atoms. The predicted molar refractivity (Wildman–Crippen MR) is 88.7 cm³/mol. The van der Waals surface area contributed by atoms with E-state index in [1.54, 1.807) is 0 Å². The lowest BCUT2D eigenvalue weighted by Gasteiger charge is -2.20. The first kappa shape index (κ1) is 19.6. The van der Waals surface area contributed by atoms with E-state index in [-0.39, 0.29) is 31.2 Å². The van der Waals surface area contributed by atoms with Crippen molar-refractivity contribution in [3.8, 4) is 0 Å². The van der Waals surface area contributed by atoms with Crippen molar-refractivity contribution in [1.29, 1.82) is 0 Å². The van der Waals surface area contributed by atoms with Crippen LogP contribution in [0.2, 0.25) is 0 Å². The maximum absolute atomic E-state index is 12.9. The van der Waals surface area contributed by atoms with Crippen molar-refractivity contribution in [2.24, 2.45) is 5.92 Å². The van der Waals surface area contributed by atoms with Crippen LogP contribution in [0.4, 0.5) is 4.39 Å². The fourth-order valence-corrected chi connectivity index (χ4v) is 2.78. The Morgan fingerprint density at radius 1 is 1.26 bits per heavy atom. The average molecular weight is 344 g/mol. The van der Waals surface area contributed by atoms with Gasteiger partial charge in [-0.15, -0.1) is 0 Å². The third-order valence-electron chi connectivity index (χ3n) is 3.37. The van der Waals surface area contributed by atoms with Crippen molar-refractivity contribution >= 4 is 15.9 Å². The molecule has 0 aliphatic heterocycles. The molecule has 1 amide bonds. The molecule has 0 unspecified atom stereocenters. The van der Waals surface area contributed by atoms with Crippen LogP contribution in [0.25, 0.3) is 0 Å². The van der Waals surface area contributed by atoms with E-state index in [9.17, 15) is 17.6 Å². The number of nitrogens with zero attached hydrogens (tertiary/aromatic N) is 1. The molecule has 0 radical (unpaired) electrons. The second-order valence-electron chi connectivity index (χ2n) is 6.01. The lowest BCUT2D eigenvalue weighted by Crippen LogP contribution is -2.34. The quantitative estimate of drug-likeness (QED) is 0.746. The van der Waals surface area contributed by atoms with Crippen molar-refractivity contribution in [2.75, 3.05) is 19.3 Å². The number of hydrogen-bond acceptors (Lipinski definition) is 3. The number of amides is 1. The van der Waals surface area contributed by atoms with E-state index in [2.05, 4.69) is 19.2 Å². The van der Waals surface area contributed by atoms with Gasteiger partial charge < -0.3 is 5.32 Å². The van der Waals surface area contributed by atoms with Crippen molar-refractivity contribution in [1.82, 2.24) is 9.62 Å². The van der Waals surface area contributed by atoms with Gasteiger partial charge in [0.25, 0.3) is 0 Å². The molecule has 7 heteroatoms. The smallest absolute Gasteiger partial charge is 0.221 e. The summed E-state index contributed by atoms with van der Waals surface area (Å²) in [6, 6.07) is 5.65. The number of carbonyl (C=O) groups is 1. The van der Waals surface area contributed by atoms with E-state index >= 15 is 0 Å². The van der Waals surface area contributed by atoms with Crippen LogP contribution < -0.4 is 5.32 Å². The Kier molecular flexibility index (Phi) is 7.64. The van der Waals surface area contributed by atoms with Gasteiger partial charge in [-0.2, -0.15) is 4.31 Å². The van der Waals surface area contributed by atoms with Crippen molar-refractivity contribution in [3.05, 3.63) is 35.6 Å². The van der Waals surface area contributed by atoms with Crippen LogP contribution in [0.5, 0.6) is 0 Å². The highest BCUT2D eigenvalue weighted by molar-refractivity contribution is 7.88. The minimum Gasteiger partial charge on any atom is -0.356 e. The molecule has 0 fully saturated rings. The lowest BCUT2D eigenvalue weighted by atomic mass is 10.1. The molecule has 0 saturated carbocycles. The number of nitrogens with one attached hydrogen (secondary N) is 1. The summed E-state index contributed by atoms with van der Waals surface area (Å²) in [5.74, 6) is -0.0381. The Morgan fingerprint density at radius 3 is 2.39 bits per heavy atom. The molecule has 130 valence electrons. The summed E-state index contributed by atoms with van der Waals surface area (Å²) in [4.78, 5) is 11.8. The number of halogens is 1. The number of sulfonamides is 1. The molecule has 1 rings (SSSR count). The number of carbonyl (C=O) groups excluding carboxylic acids is 1. The molecular formula is C16H25FN2O3S. The van der Waals surface area contributed by atoms with Gasteiger partial charge in [0.1, 0.15) is 5.82 Å². The zero-order valence-electron chi connectivity index (χ0n) is 13.9. The van der Waals surface area contributed by atoms with Gasteiger partial charge in [-0.25, -0.2) is 12.8 Å². The van der Waals surface area contributed by atoms with Crippen LogP contribution in [0.15, 0.2) is 24.3 Å². The van der Waals surface area contributed by atoms with Crippen LogP contribution in [0.1, 0.15) is 32.3 Å².